The Bertz CT molecular complexity index is 157. The van der Waals surface area contributed by atoms with Gasteiger partial charge in [0.1, 0.15) is 0 Å². The highest BCUT2D eigenvalue weighted by atomic mass is 32.2. The monoisotopic (exact) mass is 204 g/mol. The van der Waals surface area contributed by atoms with Crippen LogP contribution in [0.15, 0.2) is 0 Å². The molecule has 0 radical (unpaired) electrons. The average molecular weight is 204 g/mol. The zero-order valence-corrected chi connectivity index (χ0v) is 9.82. The highest BCUT2D eigenvalue weighted by molar-refractivity contribution is 7.99. The molecule has 1 fully saturated rings. The van der Waals surface area contributed by atoms with Crippen molar-refractivity contribution in [1.82, 2.24) is 0 Å². The van der Waals surface area contributed by atoms with E-state index in [-0.39, 0.29) is 5.79 Å². The van der Waals surface area contributed by atoms with Crippen LogP contribution in [0.3, 0.4) is 0 Å². The molecule has 0 bridgehead atoms. The second kappa shape index (κ2) is 4.67. The van der Waals surface area contributed by atoms with Gasteiger partial charge < -0.3 is 9.47 Å². The van der Waals surface area contributed by atoms with Crippen molar-refractivity contribution in [1.29, 1.82) is 0 Å². The molecule has 1 aliphatic heterocycles. The Labute approximate surface area is 85.4 Å². The molecule has 0 unspecified atom stereocenters. The number of hydrogen-bond acceptors (Lipinski definition) is 3. The Kier molecular flexibility index (Phi) is 4.07. The van der Waals surface area contributed by atoms with Gasteiger partial charge in [-0.1, -0.05) is 13.8 Å². The lowest BCUT2D eigenvalue weighted by Crippen LogP contribution is -2.21. The topological polar surface area (TPSA) is 18.5 Å². The minimum Gasteiger partial charge on any atom is -0.348 e. The molecule has 0 N–H and O–H groups in total. The van der Waals surface area contributed by atoms with Gasteiger partial charge in [-0.15, -0.1) is 0 Å². The Morgan fingerprint density at radius 1 is 1.46 bits per heavy atom. The van der Waals surface area contributed by atoms with Crippen LogP contribution in [0, 0.1) is 0 Å². The first-order valence-electron chi connectivity index (χ1n) is 4.93. The van der Waals surface area contributed by atoms with Crippen LogP contribution in [0.25, 0.3) is 0 Å². The highest BCUT2D eigenvalue weighted by Crippen LogP contribution is 2.25. The maximum absolute atomic E-state index is 5.70. The van der Waals surface area contributed by atoms with E-state index < -0.39 is 0 Å². The molecule has 0 aliphatic carbocycles. The van der Waals surface area contributed by atoms with Crippen molar-refractivity contribution in [2.24, 2.45) is 0 Å². The number of hydrogen-bond donors (Lipinski definition) is 0. The average Bonchev–Trinajstić information content (AvgIpc) is 2.29. The van der Waals surface area contributed by atoms with Gasteiger partial charge in [0.15, 0.2) is 5.79 Å². The Morgan fingerprint density at radius 3 is 2.62 bits per heavy atom. The third kappa shape index (κ3) is 4.34. The van der Waals surface area contributed by atoms with Gasteiger partial charge in [-0.2, -0.15) is 11.8 Å². The van der Waals surface area contributed by atoms with E-state index in [0.29, 0.717) is 6.10 Å². The van der Waals surface area contributed by atoms with Gasteiger partial charge >= 0.3 is 0 Å². The minimum absolute atomic E-state index is 0.307. The number of rotatable bonds is 4. The summed E-state index contributed by atoms with van der Waals surface area (Å²) in [5, 5.41) is 0.718. The van der Waals surface area contributed by atoms with Crippen LogP contribution in [0.4, 0.5) is 0 Å². The van der Waals surface area contributed by atoms with Crippen molar-refractivity contribution >= 4 is 11.8 Å². The van der Waals surface area contributed by atoms with Gasteiger partial charge in [-0.25, -0.2) is 0 Å². The minimum atomic E-state index is -0.354. The highest BCUT2D eigenvalue weighted by Gasteiger charge is 2.31. The van der Waals surface area contributed by atoms with E-state index in [4.69, 9.17) is 9.47 Å². The molecule has 13 heavy (non-hydrogen) atoms. The Morgan fingerprint density at radius 2 is 2.15 bits per heavy atom. The van der Waals surface area contributed by atoms with E-state index in [9.17, 15) is 0 Å². The maximum Gasteiger partial charge on any atom is 0.163 e. The summed E-state index contributed by atoms with van der Waals surface area (Å²) in [6.45, 7) is 9.15. The van der Waals surface area contributed by atoms with Crippen LogP contribution in [-0.2, 0) is 9.47 Å². The molecule has 1 atom stereocenters. The molecule has 1 heterocycles. The Balaban J connectivity index is 2.11. The molecule has 0 amide bonds. The van der Waals surface area contributed by atoms with Gasteiger partial charge in [0.25, 0.3) is 0 Å². The van der Waals surface area contributed by atoms with Gasteiger partial charge in [-0.05, 0) is 31.3 Å². The van der Waals surface area contributed by atoms with Crippen LogP contribution in [0.1, 0.15) is 34.1 Å². The quantitative estimate of drug-likeness (QED) is 0.701. The SMILES string of the molecule is CC(C)SCC[C@H]1COC(C)(C)O1. The third-order valence-corrected chi connectivity index (χ3v) is 3.10. The van der Waals surface area contributed by atoms with E-state index in [1.165, 1.54) is 5.75 Å². The molecule has 1 aliphatic rings. The molecule has 0 aromatic carbocycles. The van der Waals surface area contributed by atoms with Crippen LogP contribution in [-0.4, -0.2) is 29.5 Å². The van der Waals surface area contributed by atoms with E-state index in [1.54, 1.807) is 0 Å². The first-order valence-corrected chi connectivity index (χ1v) is 5.98. The van der Waals surface area contributed by atoms with E-state index >= 15 is 0 Å². The molecule has 0 saturated carbocycles. The second-order valence-electron chi connectivity index (χ2n) is 4.16. The summed E-state index contributed by atoms with van der Waals surface area (Å²) >= 11 is 1.98. The summed E-state index contributed by atoms with van der Waals surface area (Å²) < 4.78 is 11.2. The van der Waals surface area contributed by atoms with E-state index in [1.807, 2.05) is 25.6 Å². The lowest BCUT2D eigenvalue weighted by Gasteiger charge is -2.17. The van der Waals surface area contributed by atoms with E-state index in [2.05, 4.69) is 13.8 Å². The van der Waals surface area contributed by atoms with Crippen molar-refractivity contribution < 1.29 is 9.47 Å². The summed E-state index contributed by atoms with van der Waals surface area (Å²) in [4.78, 5) is 0. The summed E-state index contributed by atoms with van der Waals surface area (Å²) in [6, 6.07) is 0. The van der Waals surface area contributed by atoms with Crippen molar-refractivity contribution in [2.75, 3.05) is 12.4 Å². The number of thioether (sulfide) groups is 1. The first kappa shape index (κ1) is 11.3. The number of ether oxygens (including phenoxy) is 2. The molecular formula is C10H20O2S. The van der Waals surface area contributed by atoms with Gasteiger partial charge in [0, 0.05) is 0 Å². The van der Waals surface area contributed by atoms with Crippen molar-refractivity contribution in [3.8, 4) is 0 Å². The molecule has 3 heteroatoms. The predicted octanol–water partition coefficient (Wildman–Crippen LogP) is 2.67. The first-order chi connectivity index (χ1) is 5.99. The normalized spacial score (nSPS) is 27.0. The second-order valence-corrected chi connectivity index (χ2v) is 5.84. The van der Waals surface area contributed by atoms with Gasteiger partial charge in [0.05, 0.1) is 12.7 Å². The van der Waals surface area contributed by atoms with Gasteiger partial charge in [0.2, 0.25) is 0 Å². The molecule has 0 aromatic heterocycles. The fourth-order valence-corrected chi connectivity index (χ4v) is 2.21. The van der Waals surface area contributed by atoms with Crippen LogP contribution in [0.5, 0.6) is 0 Å². The predicted molar refractivity (Wildman–Crippen MR) is 57.1 cm³/mol. The lowest BCUT2D eigenvalue weighted by atomic mass is 10.3. The summed E-state index contributed by atoms with van der Waals surface area (Å²) in [7, 11) is 0. The zero-order chi connectivity index (χ0) is 9.90. The lowest BCUT2D eigenvalue weighted by molar-refractivity contribution is -0.138. The molecular weight excluding hydrogens is 184 g/mol. The van der Waals surface area contributed by atoms with Crippen molar-refractivity contribution in [3.05, 3.63) is 0 Å². The Hall–Kier alpha value is 0.270. The van der Waals surface area contributed by atoms with Crippen LogP contribution >= 0.6 is 11.8 Å². The van der Waals surface area contributed by atoms with E-state index in [0.717, 1.165) is 18.3 Å². The largest absolute Gasteiger partial charge is 0.348 e. The molecule has 1 saturated heterocycles. The van der Waals surface area contributed by atoms with Crippen molar-refractivity contribution in [3.63, 3.8) is 0 Å². The zero-order valence-electron chi connectivity index (χ0n) is 9.00. The fourth-order valence-electron chi connectivity index (χ4n) is 1.34. The summed E-state index contributed by atoms with van der Waals surface area (Å²) in [5.41, 5.74) is 0. The summed E-state index contributed by atoms with van der Waals surface area (Å²) in [6.07, 6.45) is 1.41. The van der Waals surface area contributed by atoms with Crippen molar-refractivity contribution in [2.45, 2.75) is 51.3 Å². The smallest absolute Gasteiger partial charge is 0.163 e. The van der Waals surface area contributed by atoms with Crippen LogP contribution < -0.4 is 0 Å². The third-order valence-electron chi connectivity index (χ3n) is 1.96. The molecule has 0 aromatic rings. The maximum atomic E-state index is 5.70. The molecule has 78 valence electrons. The standard InChI is InChI=1S/C10H20O2S/c1-8(2)13-6-5-9-7-11-10(3,4)12-9/h8-9H,5-7H2,1-4H3/t9-/m0/s1. The van der Waals surface area contributed by atoms with Crippen LogP contribution in [0.2, 0.25) is 0 Å². The van der Waals surface area contributed by atoms with Gasteiger partial charge in [-0.3, -0.25) is 0 Å². The fraction of sp³-hybridized carbons (Fsp3) is 1.00. The molecule has 1 rings (SSSR count). The molecule has 0 spiro atoms. The summed E-state index contributed by atoms with van der Waals surface area (Å²) in [5.74, 6) is 0.814. The molecule has 2 nitrogen and oxygen atoms in total.